The van der Waals surface area contributed by atoms with E-state index in [1.54, 1.807) is 0 Å². The fourth-order valence-corrected chi connectivity index (χ4v) is 4.11. The molecule has 2 aromatic heterocycles. The number of fused-ring (bicyclic) bond motifs is 1. The molecule has 27 heavy (non-hydrogen) atoms. The van der Waals surface area contributed by atoms with Gasteiger partial charge in [-0.1, -0.05) is 38.0 Å². The molecule has 0 aliphatic carbocycles. The van der Waals surface area contributed by atoms with E-state index in [0.29, 0.717) is 5.82 Å². The van der Waals surface area contributed by atoms with Crippen LogP contribution in [0.1, 0.15) is 65.8 Å². The van der Waals surface area contributed by atoms with Crippen molar-refractivity contribution in [3.8, 4) is 5.69 Å². The van der Waals surface area contributed by atoms with Crippen LogP contribution < -0.4 is 0 Å². The van der Waals surface area contributed by atoms with Crippen molar-refractivity contribution >= 4 is 11.0 Å². The minimum Gasteiger partial charge on any atom is -0.386 e. The Morgan fingerprint density at radius 3 is 2.15 bits per heavy atom. The van der Waals surface area contributed by atoms with Crippen molar-refractivity contribution in [2.24, 2.45) is 5.92 Å². The molecule has 4 nitrogen and oxygen atoms in total. The molecule has 0 spiro atoms. The summed E-state index contributed by atoms with van der Waals surface area (Å²) in [5, 5.41) is 11.9. The van der Waals surface area contributed by atoms with Crippen LogP contribution in [0.25, 0.3) is 16.7 Å². The Hall–Kier alpha value is -2.20. The van der Waals surface area contributed by atoms with Gasteiger partial charge in [0.2, 0.25) is 0 Å². The van der Waals surface area contributed by atoms with Crippen LogP contribution in [0.3, 0.4) is 0 Å². The highest BCUT2D eigenvalue weighted by molar-refractivity contribution is 5.87. The summed E-state index contributed by atoms with van der Waals surface area (Å²) in [4.78, 5) is 9.47. The lowest BCUT2D eigenvalue weighted by atomic mass is 9.96. The van der Waals surface area contributed by atoms with Gasteiger partial charge in [0.25, 0.3) is 0 Å². The summed E-state index contributed by atoms with van der Waals surface area (Å²) in [6, 6.07) is 4.43. The third-order valence-electron chi connectivity index (χ3n) is 5.82. The molecule has 1 aromatic carbocycles. The van der Waals surface area contributed by atoms with E-state index in [-0.39, 0.29) is 5.92 Å². The van der Waals surface area contributed by atoms with Gasteiger partial charge in [-0.05, 0) is 64.2 Å². The van der Waals surface area contributed by atoms with Crippen LogP contribution in [0, 0.1) is 47.5 Å². The van der Waals surface area contributed by atoms with Gasteiger partial charge in [-0.3, -0.25) is 4.57 Å². The molecule has 0 amide bonds. The summed E-state index contributed by atoms with van der Waals surface area (Å²) in [7, 11) is 0. The van der Waals surface area contributed by atoms with Gasteiger partial charge in [0, 0.05) is 11.1 Å². The second-order valence-electron chi connectivity index (χ2n) is 7.98. The van der Waals surface area contributed by atoms with Gasteiger partial charge in [-0.15, -0.1) is 0 Å². The number of hydrogen-bond donors (Lipinski definition) is 1. The van der Waals surface area contributed by atoms with E-state index in [9.17, 15) is 5.11 Å². The lowest BCUT2D eigenvalue weighted by molar-refractivity contribution is 0.112. The number of hydrogen-bond acceptors (Lipinski definition) is 3. The monoisotopic (exact) mass is 365 g/mol. The second-order valence-corrected chi connectivity index (χ2v) is 7.98. The molecule has 0 bridgehead atoms. The SMILES string of the molecule is CCC(C)C(O)c1nc(C)nc2c1c(C)c(C)n2-c1c(C)cc(C)cc1C. The molecule has 0 saturated heterocycles. The first-order valence-electron chi connectivity index (χ1n) is 9.79. The fraction of sp³-hybridized carbons (Fsp3) is 0.478. The predicted molar refractivity (Wildman–Crippen MR) is 112 cm³/mol. The molecule has 0 aliphatic heterocycles. The molecule has 0 radical (unpaired) electrons. The average Bonchev–Trinajstić information content (AvgIpc) is 2.84. The Labute approximate surface area is 162 Å². The minimum atomic E-state index is -0.589. The summed E-state index contributed by atoms with van der Waals surface area (Å²) >= 11 is 0. The molecule has 0 fully saturated rings. The second kappa shape index (κ2) is 7.08. The molecule has 144 valence electrons. The van der Waals surface area contributed by atoms with Crippen LogP contribution in [-0.2, 0) is 0 Å². The molecule has 3 rings (SSSR count). The van der Waals surface area contributed by atoms with Crippen LogP contribution >= 0.6 is 0 Å². The molecular weight excluding hydrogens is 334 g/mol. The normalized spacial score (nSPS) is 14.0. The highest BCUT2D eigenvalue weighted by Gasteiger charge is 2.26. The van der Waals surface area contributed by atoms with Crippen LogP contribution in [0.15, 0.2) is 12.1 Å². The number of aliphatic hydroxyl groups excluding tert-OH is 1. The van der Waals surface area contributed by atoms with Crippen LogP contribution in [0.2, 0.25) is 0 Å². The number of nitrogens with zero attached hydrogens (tertiary/aromatic N) is 3. The number of aryl methyl sites for hydroxylation is 5. The Kier molecular flexibility index (Phi) is 5.13. The van der Waals surface area contributed by atoms with E-state index < -0.39 is 6.10 Å². The molecule has 0 saturated carbocycles. The van der Waals surface area contributed by atoms with Gasteiger partial charge in [0.1, 0.15) is 11.5 Å². The minimum absolute atomic E-state index is 0.147. The third-order valence-corrected chi connectivity index (χ3v) is 5.82. The van der Waals surface area contributed by atoms with Crippen molar-refractivity contribution < 1.29 is 5.11 Å². The lowest BCUT2D eigenvalue weighted by Gasteiger charge is -2.19. The first-order valence-corrected chi connectivity index (χ1v) is 9.79. The van der Waals surface area contributed by atoms with Crippen molar-refractivity contribution in [2.75, 3.05) is 0 Å². The zero-order valence-electron chi connectivity index (χ0n) is 17.8. The number of rotatable bonds is 4. The van der Waals surface area contributed by atoms with Crippen molar-refractivity contribution in [1.82, 2.24) is 14.5 Å². The summed E-state index contributed by atoms with van der Waals surface area (Å²) in [6.45, 7) is 16.7. The highest BCUT2D eigenvalue weighted by atomic mass is 16.3. The maximum absolute atomic E-state index is 11.0. The quantitative estimate of drug-likeness (QED) is 0.678. The zero-order chi connectivity index (χ0) is 20.0. The van der Waals surface area contributed by atoms with Gasteiger partial charge >= 0.3 is 0 Å². The summed E-state index contributed by atoms with van der Waals surface area (Å²) in [5.74, 6) is 0.842. The maximum atomic E-state index is 11.0. The standard InChI is InChI=1S/C23H31N3O/c1-9-13(3)22(27)20-19-16(6)17(7)26(23(19)25-18(8)24-20)21-14(4)10-12(2)11-15(21)5/h10-11,13,22,27H,9H2,1-8H3. The number of benzene rings is 1. The third kappa shape index (κ3) is 3.16. The van der Waals surface area contributed by atoms with Crippen molar-refractivity contribution in [3.05, 3.63) is 51.6 Å². The van der Waals surface area contributed by atoms with E-state index in [0.717, 1.165) is 34.4 Å². The first kappa shape index (κ1) is 19.6. The molecule has 2 atom stereocenters. The van der Waals surface area contributed by atoms with Gasteiger partial charge in [0.15, 0.2) is 0 Å². The number of aliphatic hydroxyl groups is 1. The van der Waals surface area contributed by atoms with Gasteiger partial charge < -0.3 is 5.11 Å². The molecule has 1 N–H and O–H groups in total. The average molecular weight is 366 g/mol. The highest BCUT2D eigenvalue weighted by Crippen LogP contribution is 2.36. The Morgan fingerprint density at radius 2 is 1.59 bits per heavy atom. The lowest BCUT2D eigenvalue weighted by Crippen LogP contribution is -2.12. The first-order chi connectivity index (χ1) is 12.7. The molecule has 0 aliphatic rings. The molecule has 2 unspecified atom stereocenters. The summed E-state index contributed by atoms with van der Waals surface area (Å²) in [5.41, 5.74) is 8.84. The smallest absolute Gasteiger partial charge is 0.149 e. The largest absolute Gasteiger partial charge is 0.386 e. The Morgan fingerprint density at radius 1 is 1.00 bits per heavy atom. The van der Waals surface area contributed by atoms with Crippen molar-refractivity contribution in [1.29, 1.82) is 0 Å². The van der Waals surface area contributed by atoms with Crippen molar-refractivity contribution in [3.63, 3.8) is 0 Å². The van der Waals surface area contributed by atoms with E-state index in [2.05, 4.69) is 70.1 Å². The van der Waals surface area contributed by atoms with Gasteiger partial charge in [0.05, 0.1) is 17.5 Å². The van der Waals surface area contributed by atoms with E-state index in [4.69, 9.17) is 4.98 Å². The Bertz CT molecular complexity index is 993. The number of aromatic nitrogens is 3. The Balaban J connectivity index is 2.41. The topological polar surface area (TPSA) is 50.9 Å². The van der Waals surface area contributed by atoms with Crippen LogP contribution in [0.5, 0.6) is 0 Å². The van der Waals surface area contributed by atoms with Crippen LogP contribution in [-0.4, -0.2) is 19.6 Å². The van der Waals surface area contributed by atoms with E-state index >= 15 is 0 Å². The molecule has 3 aromatic rings. The molecular formula is C23H31N3O. The summed E-state index contributed by atoms with van der Waals surface area (Å²) in [6.07, 6.45) is 0.314. The summed E-state index contributed by atoms with van der Waals surface area (Å²) < 4.78 is 2.25. The molecule has 4 heteroatoms. The van der Waals surface area contributed by atoms with Gasteiger partial charge in [-0.2, -0.15) is 0 Å². The van der Waals surface area contributed by atoms with Crippen molar-refractivity contribution in [2.45, 2.75) is 67.9 Å². The molecule has 2 heterocycles. The van der Waals surface area contributed by atoms with E-state index in [1.165, 1.54) is 22.4 Å². The van der Waals surface area contributed by atoms with Crippen LogP contribution in [0.4, 0.5) is 0 Å². The zero-order valence-corrected chi connectivity index (χ0v) is 17.8. The van der Waals surface area contributed by atoms with E-state index in [1.807, 2.05) is 6.92 Å². The fourth-order valence-electron chi connectivity index (χ4n) is 4.11. The maximum Gasteiger partial charge on any atom is 0.149 e. The predicted octanol–water partition coefficient (Wildman–Crippen LogP) is 5.35. The van der Waals surface area contributed by atoms with Gasteiger partial charge in [-0.25, -0.2) is 9.97 Å².